The zero-order chi connectivity index (χ0) is 22.0. The number of fused-ring (bicyclic) bond motifs is 2. The van der Waals surface area contributed by atoms with Crippen molar-refractivity contribution in [2.24, 2.45) is 0 Å². The summed E-state index contributed by atoms with van der Waals surface area (Å²) in [5.74, 6) is 0.643. The van der Waals surface area contributed by atoms with Gasteiger partial charge in [-0.3, -0.25) is 14.5 Å². The molecule has 1 aliphatic rings. The van der Waals surface area contributed by atoms with E-state index in [2.05, 4.69) is 41.7 Å². The molecule has 0 aliphatic carbocycles. The first-order valence-electron chi connectivity index (χ1n) is 10.7. The van der Waals surface area contributed by atoms with E-state index in [1.807, 2.05) is 53.1 Å². The second-order valence-corrected chi connectivity index (χ2v) is 9.74. The molecule has 1 atom stereocenters. The van der Waals surface area contributed by atoms with Crippen LogP contribution in [-0.2, 0) is 11.3 Å². The third-order valence-corrected chi connectivity index (χ3v) is 6.87. The molecule has 0 fully saturated rings. The molecular formula is C24H28N4O2S. The van der Waals surface area contributed by atoms with Crippen LogP contribution in [0.25, 0.3) is 10.9 Å². The fourth-order valence-electron chi connectivity index (χ4n) is 3.83. The number of hydrogen-bond donors (Lipinski definition) is 1. The van der Waals surface area contributed by atoms with Gasteiger partial charge in [0.05, 0.1) is 29.7 Å². The third-order valence-electron chi connectivity index (χ3n) is 5.63. The maximum atomic E-state index is 13.4. The van der Waals surface area contributed by atoms with Crippen molar-refractivity contribution in [2.45, 2.75) is 49.9 Å². The number of carbonyl (C=O) groups excluding carboxylic acids is 1. The molecule has 3 aromatic rings. The van der Waals surface area contributed by atoms with Crippen molar-refractivity contribution in [2.75, 3.05) is 18.0 Å². The van der Waals surface area contributed by atoms with Gasteiger partial charge in [-0.2, -0.15) is 0 Å². The third kappa shape index (κ3) is 4.83. The summed E-state index contributed by atoms with van der Waals surface area (Å²) in [6, 6.07) is 15.6. The van der Waals surface area contributed by atoms with Crippen molar-refractivity contribution in [1.82, 2.24) is 14.9 Å². The average molecular weight is 437 g/mol. The molecule has 0 spiro atoms. The Morgan fingerprint density at radius 2 is 1.97 bits per heavy atom. The molecule has 0 radical (unpaired) electrons. The van der Waals surface area contributed by atoms with E-state index in [0.29, 0.717) is 35.1 Å². The van der Waals surface area contributed by atoms with Gasteiger partial charge in [0, 0.05) is 22.7 Å². The predicted molar refractivity (Wildman–Crippen MR) is 127 cm³/mol. The summed E-state index contributed by atoms with van der Waals surface area (Å²) >= 11 is 1.83. The van der Waals surface area contributed by atoms with Crippen molar-refractivity contribution in [1.29, 1.82) is 0 Å². The maximum absolute atomic E-state index is 13.4. The molecule has 4 rings (SSSR count). The molecule has 1 aromatic heterocycles. The maximum Gasteiger partial charge on any atom is 0.258 e. The van der Waals surface area contributed by atoms with E-state index in [1.165, 1.54) is 0 Å². The monoisotopic (exact) mass is 436 g/mol. The number of anilines is 1. The van der Waals surface area contributed by atoms with Gasteiger partial charge in [-0.05, 0) is 44.5 Å². The molecule has 162 valence electrons. The summed E-state index contributed by atoms with van der Waals surface area (Å²) < 4.78 is 0. The number of hydrogen-bond acceptors (Lipinski definition) is 5. The van der Waals surface area contributed by atoms with E-state index < -0.39 is 0 Å². The minimum absolute atomic E-state index is 0.0685. The largest absolute Gasteiger partial charge is 0.310 e. The quantitative estimate of drug-likeness (QED) is 0.653. The number of nitrogens with zero attached hydrogens (tertiary/aromatic N) is 3. The van der Waals surface area contributed by atoms with Crippen LogP contribution in [0.2, 0.25) is 0 Å². The van der Waals surface area contributed by atoms with Crippen molar-refractivity contribution in [3.05, 3.63) is 64.7 Å². The SMILES string of the molecule is CC1CCN(C(=O)CN(Cc2nc3ccccc3c(=O)[nH]2)C(C)C)c2ccccc2S1. The topological polar surface area (TPSA) is 69.3 Å². The van der Waals surface area contributed by atoms with Gasteiger partial charge >= 0.3 is 0 Å². The molecular weight excluding hydrogens is 408 g/mol. The summed E-state index contributed by atoms with van der Waals surface area (Å²) in [6.07, 6.45) is 0.951. The van der Waals surface area contributed by atoms with Crippen LogP contribution in [0.3, 0.4) is 0 Å². The fourth-order valence-corrected chi connectivity index (χ4v) is 4.94. The summed E-state index contributed by atoms with van der Waals surface area (Å²) in [6.45, 7) is 7.70. The number of amides is 1. The predicted octanol–water partition coefficient (Wildman–Crippen LogP) is 4.05. The first kappa shape index (κ1) is 21.6. The van der Waals surface area contributed by atoms with Gasteiger partial charge in [-0.1, -0.05) is 31.2 Å². The normalized spacial score (nSPS) is 16.5. The molecule has 2 aromatic carbocycles. The molecule has 2 heterocycles. The zero-order valence-corrected chi connectivity index (χ0v) is 19.0. The highest BCUT2D eigenvalue weighted by molar-refractivity contribution is 8.00. The lowest BCUT2D eigenvalue weighted by Gasteiger charge is -2.29. The van der Waals surface area contributed by atoms with Crippen LogP contribution in [0.4, 0.5) is 5.69 Å². The van der Waals surface area contributed by atoms with Crippen molar-refractivity contribution in [3.63, 3.8) is 0 Å². The summed E-state index contributed by atoms with van der Waals surface area (Å²) in [4.78, 5) is 38.4. The number of rotatable bonds is 5. The number of carbonyl (C=O) groups is 1. The second kappa shape index (κ2) is 9.24. The first-order chi connectivity index (χ1) is 14.9. The molecule has 1 aliphatic heterocycles. The number of H-pyrrole nitrogens is 1. The number of thioether (sulfide) groups is 1. The van der Waals surface area contributed by atoms with Crippen LogP contribution in [0.5, 0.6) is 0 Å². The van der Waals surface area contributed by atoms with E-state index in [1.54, 1.807) is 6.07 Å². The number of aromatic amines is 1. The van der Waals surface area contributed by atoms with Crippen LogP contribution in [0.15, 0.2) is 58.2 Å². The lowest BCUT2D eigenvalue weighted by Crippen LogP contribution is -2.43. The molecule has 1 N–H and O–H groups in total. The summed E-state index contributed by atoms with van der Waals surface area (Å²) in [5, 5.41) is 1.04. The van der Waals surface area contributed by atoms with Crippen LogP contribution in [0.1, 0.15) is 33.0 Å². The highest BCUT2D eigenvalue weighted by Crippen LogP contribution is 2.37. The Labute approximate surface area is 186 Å². The smallest absolute Gasteiger partial charge is 0.258 e. The number of para-hydroxylation sites is 2. The van der Waals surface area contributed by atoms with Crippen LogP contribution in [-0.4, -0.2) is 45.2 Å². The van der Waals surface area contributed by atoms with Gasteiger partial charge in [-0.25, -0.2) is 4.98 Å². The first-order valence-corrected chi connectivity index (χ1v) is 11.6. The molecule has 6 nitrogen and oxygen atoms in total. The lowest BCUT2D eigenvalue weighted by molar-refractivity contribution is -0.120. The zero-order valence-electron chi connectivity index (χ0n) is 18.2. The fraction of sp³-hybridized carbons (Fsp3) is 0.375. The van der Waals surface area contributed by atoms with E-state index in [9.17, 15) is 9.59 Å². The standard InChI is InChI=1S/C24H28N4O2S/c1-16(2)27(14-22-25-19-9-5-4-8-18(19)24(30)26-22)15-23(29)28-13-12-17(3)31-21-11-7-6-10-20(21)28/h4-11,16-17H,12-15H2,1-3H3,(H,25,26,30). The molecule has 0 bridgehead atoms. The van der Waals surface area contributed by atoms with Gasteiger partial charge in [0.2, 0.25) is 5.91 Å². The van der Waals surface area contributed by atoms with E-state index in [0.717, 1.165) is 17.0 Å². The van der Waals surface area contributed by atoms with E-state index >= 15 is 0 Å². The summed E-state index contributed by atoms with van der Waals surface area (Å²) in [7, 11) is 0. The van der Waals surface area contributed by atoms with Gasteiger partial charge in [0.25, 0.3) is 5.56 Å². The number of aromatic nitrogens is 2. The molecule has 31 heavy (non-hydrogen) atoms. The van der Waals surface area contributed by atoms with E-state index in [-0.39, 0.29) is 24.1 Å². The highest BCUT2D eigenvalue weighted by Gasteiger charge is 2.26. The molecule has 7 heteroatoms. The van der Waals surface area contributed by atoms with Crippen molar-refractivity contribution < 1.29 is 4.79 Å². The van der Waals surface area contributed by atoms with Crippen molar-refractivity contribution in [3.8, 4) is 0 Å². The molecule has 0 saturated heterocycles. The Morgan fingerprint density at radius 3 is 2.77 bits per heavy atom. The van der Waals surface area contributed by atoms with Crippen molar-refractivity contribution >= 4 is 34.3 Å². The molecule has 1 amide bonds. The Balaban J connectivity index is 1.56. The second-order valence-electron chi connectivity index (χ2n) is 8.26. The highest BCUT2D eigenvalue weighted by atomic mass is 32.2. The minimum Gasteiger partial charge on any atom is -0.310 e. The Hall–Kier alpha value is -2.64. The Bertz CT molecular complexity index is 1140. The van der Waals surface area contributed by atoms with Gasteiger partial charge < -0.3 is 9.88 Å². The van der Waals surface area contributed by atoms with Gasteiger partial charge in [0.1, 0.15) is 5.82 Å². The number of benzene rings is 2. The molecule has 1 unspecified atom stereocenters. The van der Waals surface area contributed by atoms with Crippen LogP contribution in [0, 0.1) is 0 Å². The van der Waals surface area contributed by atoms with Crippen LogP contribution >= 0.6 is 11.8 Å². The number of nitrogens with one attached hydrogen (secondary N) is 1. The lowest BCUT2D eigenvalue weighted by atomic mass is 10.2. The Morgan fingerprint density at radius 1 is 1.23 bits per heavy atom. The Kier molecular flexibility index (Phi) is 6.43. The van der Waals surface area contributed by atoms with Crippen LogP contribution < -0.4 is 10.5 Å². The van der Waals surface area contributed by atoms with E-state index in [4.69, 9.17) is 0 Å². The summed E-state index contributed by atoms with van der Waals surface area (Å²) in [5.41, 5.74) is 1.51. The minimum atomic E-state index is -0.150. The van der Waals surface area contributed by atoms with Gasteiger partial charge in [-0.15, -0.1) is 11.8 Å². The molecule has 0 saturated carbocycles. The average Bonchev–Trinajstić information content (AvgIpc) is 2.91. The van der Waals surface area contributed by atoms with Gasteiger partial charge in [0.15, 0.2) is 0 Å².